The van der Waals surface area contributed by atoms with Gasteiger partial charge in [0.05, 0.1) is 28.9 Å². The van der Waals surface area contributed by atoms with Gasteiger partial charge in [-0.3, -0.25) is 14.2 Å². The molecule has 0 bridgehead atoms. The lowest BCUT2D eigenvalue weighted by Gasteiger charge is -2.13. The summed E-state index contributed by atoms with van der Waals surface area (Å²) in [6.45, 7) is 0.324. The molecular weight excluding hydrogens is 437 g/mol. The molecule has 0 fully saturated rings. The average Bonchev–Trinajstić information content (AvgIpc) is 2.78. The molecule has 156 valence electrons. The van der Waals surface area contributed by atoms with E-state index in [1.54, 1.807) is 28.8 Å². The molecule has 3 aromatic carbocycles. The van der Waals surface area contributed by atoms with Gasteiger partial charge < -0.3 is 5.32 Å². The highest BCUT2D eigenvalue weighted by Crippen LogP contribution is 2.22. The molecule has 0 aliphatic carbocycles. The fourth-order valence-electron chi connectivity index (χ4n) is 3.07. The molecule has 0 saturated carbocycles. The number of benzene rings is 3. The predicted molar refractivity (Wildman–Crippen MR) is 122 cm³/mol. The van der Waals surface area contributed by atoms with E-state index in [0.29, 0.717) is 27.6 Å². The van der Waals surface area contributed by atoms with Crippen LogP contribution >= 0.6 is 23.4 Å². The number of nitrogens with one attached hydrogen (secondary N) is 1. The largest absolute Gasteiger partial charge is 0.323 e. The first-order chi connectivity index (χ1) is 15.0. The Kier molecular flexibility index (Phi) is 6.34. The molecule has 8 heteroatoms. The van der Waals surface area contributed by atoms with Crippen molar-refractivity contribution in [1.29, 1.82) is 0 Å². The van der Waals surface area contributed by atoms with E-state index in [2.05, 4.69) is 10.3 Å². The van der Waals surface area contributed by atoms with E-state index in [-0.39, 0.29) is 17.0 Å². The molecule has 1 amide bonds. The Morgan fingerprint density at radius 2 is 1.81 bits per heavy atom. The van der Waals surface area contributed by atoms with Gasteiger partial charge >= 0.3 is 0 Å². The lowest BCUT2D eigenvalue weighted by atomic mass is 10.2. The smallest absolute Gasteiger partial charge is 0.262 e. The quantitative estimate of drug-likeness (QED) is 0.331. The first-order valence-corrected chi connectivity index (χ1v) is 10.8. The zero-order chi connectivity index (χ0) is 21.8. The van der Waals surface area contributed by atoms with Crippen molar-refractivity contribution in [2.45, 2.75) is 11.7 Å². The normalized spacial score (nSPS) is 10.9. The third-order valence-electron chi connectivity index (χ3n) is 4.54. The maximum Gasteiger partial charge on any atom is 0.262 e. The number of para-hydroxylation sites is 1. The first-order valence-electron chi connectivity index (χ1n) is 9.42. The molecule has 1 N–H and O–H groups in total. The summed E-state index contributed by atoms with van der Waals surface area (Å²) < 4.78 is 15.4. The second-order valence-electron chi connectivity index (χ2n) is 6.75. The molecule has 0 radical (unpaired) electrons. The highest BCUT2D eigenvalue weighted by atomic mass is 35.5. The molecule has 0 saturated heterocycles. The van der Waals surface area contributed by atoms with E-state index >= 15 is 0 Å². The Morgan fingerprint density at radius 1 is 1.06 bits per heavy atom. The molecule has 31 heavy (non-hydrogen) atoms. The molecule has 4 rings (SSSR count). The lowest BCUT2D eigenvalue weighted by Crippen LogP contribution is -2.25. The number of carbonyl (C=O) groups is 1. The van der Waals surface area contributed by atoms with Crippen molar-refractivity contribution >= 4 is 45.9 Å². The van der Waals surface area contributed by atoms with Gasteiger partial charge in [0.25, 0.3) is 5.56 Å². The highest BCUT2D eigenvalue weighted by molar-refractivity contribution is 7.99. The molecule has 0 aliphatic heterocycles. The maximum atomic E-state index is 13.9. The Hall–Kier alpha value is -3.16. The van der Waals surface area contributed by atoms with Crippen LogP contribution in [0.15, 0.2) is 82.7 Å². The number of aromatic nitrogens is 2. The highest BCUT2D eigenvalue weighted by Gasteiger charge is 2.15. The number of hydrogen-bond donors (Lipinski definition) is 1. The lowest BCUT2D eigenvalue weighted by molar-refractivity contribution is -0.113. The van der Waals surface area contributed by atoms with Gasteiger partial charge in [0.2, 0.25) is 5.91 Å². The molecular formula is C23H17ClFN3O2S. The molecule has 5 nitrogen and oxygen atoms in total. The third-order valence-corrected chi connectivity index (χ3v) is 5.76. The fraction of sp³-hybridized carbons (Fsp3) is 0.0870. The van der Waals surface area contributed by atoms with Crippen LogP contribution in [0.3, 0.4) is 0 Å². The van der Waals surface area contributed by atoms with Crippen molar-refractivity contribution < 1.29 is 9.18 Å². The minimum Gasteiger partial charge on any atom is -0.323 e. The number of anilines is 1. The van der Waals surface area contributed by atoms with Gasteiger partial charge in [0.1, 0.15) is 5.82 Å². The summed E-state index contributed by atoms with van der Waals surface area (Å²) in [5, 5.41) is 3.74. The summed E-state index contributed by atoms with van der Waals surface area (Å²) >= 11 is 6.99. The number of rotatable bonds is 6. The van der Waals surface area contributed by atoms with Crippen molar-refractivity contribution in [2.75, 3.05) is 11.1 Å². The van der Waals surface area contributed by atoms with Crippen LogP contribution in [0.4, 0.5) is 10.1 Å². The van der Waals surface area contributed by atoms with Crippen LogP contribution in [0.25, 0.3) is 10.9 Å². The summed E-state index contributed by atoms with van der Waals surface area (Å²) in [5.74, 6) is -1.06. The van der Waals surface area contributed by atoms with E-state index in [0.717, 1.165) is 17.3 Å². The zero-order valence-corrected chi connectivity index (χ0v) is 17.8. The number of amides is 1. The Morgan fingerprint density at radius 3 is 2.61 bits per heavy atom. The topological polar surface area (TPSA) is 64.0 Å². The molecule has 1 aromatic heterocycles. The number of thioether (sulfide) groups is 1. The second-order valence-corrected chi connectivity index (χ2v) is 8.13. The van der Waals surface area contributed by atoms with E-state index in [1.807, 2.05) is 30.3 Å². The van der Waals surface area contributed by atoms with E-state index in [9.17, 15) is 14.0 Å². The van der Waals surface area contributed by atoms with Gasteiger partial charge in [0, 0.05) is 5.02 Å². The van der Waals surface area contributed by atoms with Gasteiger partial charge in [0.15, 0.2) is 5.16 Å². The van der Waals surface area contributed by atoms with Gasteiger partial charge in [-0.05, 0) is 35.9 Å². The number of nitrogens with zero attached hydrogens (tertiary/aromatic N) is 2. The van der Waals surface area contributed by atoms with E-state index < -0.39 is 11.7 Å². The van der Waals surface area contributed by atoms with E-state index in [4.69, 9.17) is 11.6 Å². The molecule has 0 atom stereocenters. The second kappa shape index (κ2) is 9.32. The number of hydrogen-bond acceptors (Lipinski definition) is 4. The van der Waals surface area contributed by atoms with Crippen LogP contribution in [-0.2, 0) is 11.3 Å². The minimum atomic E-state index is -0.576. The van der Waals surface area contributed by atoms with Crippen LogP contribution in [0.2, 0.25) is 5.02 Å². The van der Waals surface area contributed by atoms with Gasteiger partial charge in [-0.25, -0.2) is 9.37 Å². The molecule has 0 unspecified atom stereocenters. The standard InChI is InChI=1S/C23H17ClFN3O2S/c24-16-10-11-18(25)20(12-16)26-21(29)14-31-23-27-19-9-5-4-8-17(19)22(30)28(23)13-15-6-2-1-3-7-15/h1-12H,13-14H2,(H,26,29). The fourth-order valence-corrected chi connectivity index (χ4v) is 4.04. The SMILES string of the molecule is O=C(CSc1nc2ccccc2c(=O)n1Cc1ccccc1)Nc1cc(Cl)ccc1F. The van der Waals surface area contributed by atoms with Crippen molar-refractivity contribution in [3.05, 3.63) is 99.6 Å². The maximum absolute atomic E-state index is 13.9. The van der Waals surface area contributed by atoms with Crippen LogP contribution in [0, 0.1) is 5.82 Å². The van der Waals surface area contributed by atoms with Crippen molar-refractivity contribution in [3.8, 4) is 0 Å². The van der Waals surface area contributed by atoms with Crippen molar-refractivity contribution in [1.82, 2.24) is 9.55 Å². The molecule has 1 heterocycles. The zero-order valence-electron chi connectivity index (χ0n) is 16.2. The van der Waals surface area contributed by atoms with Gasteiger partial charge in [-0.1, -0.05) is 65.8 Å². The summed E-state index contributed by atoms with van der Waals surface area (Å²) in [6.07, 6.45) is 0. The van der Waals surface area contributed by atoms with Crippen LogP contribution < -0.4 is 10.9 Å². The Bertz CT molecular complexity index is 1310. The van der Waals surface area contributed by atoms with E-state index in [1.165, 1.54) is 18.2 Å². The van der Waals surface area contributed by atoms with Crippen LogP contribution in [-0.4, -0.2) is 21.2 Å². The Balaban J connectivity index is 1.61. The summed E-state index contributed by atoms with van der Waals surface area (Å²) in [6, 6.07) is 20.6. The number of halogens is 2. The molecule has 4 aromatic rings. The molecule has 0 aliphatic rings. The van der Waals surface area contributed by atoms with Gasteiger partial charge in [-0.15, -0.1) is 0 Å². The minimum absolute atomic E-state index is 0.00578. The third kappa shape index (κ3) is 4.95. The van der Waals surface area contributed by atoms with Crippen LogP contribution in [0.5, 0.6) is 0 Å². The summed E-state index contributed by atoms with van der Waals surface area (Å²) in [5.41, 5.74) is 1.32. The number of carbonyl (C=O) groups excluding carboxylic acids is 1. The average molecular weight is 454 g/mol. The number of fused-ring (bicyclic) bond motifs is 1. The first kappa shape index (κ1) is 21.1. The summed E-state index contributed by atoms with van der Waals surface area (Å²) in [7, 11) is 0. The van der Waals surface area contributed by atoms with Crippen LogP contribution in [0.1, 0.15) is 5.56 Å². The monoisotopic (exact) mass is 453 g/mol. The van der Waals surface area contributed by atoms with Crippen molar-refractivity contribution in [3.63, 3.8) is 0 Å². The molecule has 0 spiro atoms. The van der Waals surface area contributed by atoms with Gasteiger partial charge in [-0.2, -0.15) is 0 Å². The van der Waals surface area contributed by atoms with Crippen molar-refractivity contribution in [2.24, 2.45) is 0 Å². The Labute approximate surface area is 186 Å². The predicted octanol–water partition coefficient (Wildman–Crippen LogP) is 4.97. The summed E-state index contributed by atoms with van der Waals surface area (Å²) in [4.78, 5) is 30.1.